The van der Waals surface area contributed by atoms with Crippen molar-refractivity contribution < 1.29 is 36.1 Å². The summed E-state index contributed by atoms with van der Waals surface area (Å²) in [6, 6.07) is 24.6. The van der Waals surface area contributed by atoms with Gasteiger partial charge < -0.3 is 25.1 Å². The monoisotopic (exact) mass is 771 g/mol. The van der Waals surface area contributed by atoms with Gasteiger partial charge >= 0.3 is 0 Å². The van der Waals surface area contributed by atoms with Gasteiger partial charge in [0.25, 0.3) is 0 Å². The van der Waals surface area contributed by atoms with E-state index in [-0.39, 0.29) is 51.5 Å². The summed E-state index contributed by atoms with van der Waals surface area (Å²) >= 11 is 1.59. The largest absolute Gasteiger partial charge is 0.507 e. The molecule has 0 radical (unpaired) electrons. The van der Waals surface area contributed by atoms with Crippen LogP contribution in [0, 0.1) is 28.7 Å². The molecule has 5 aromatic rings. The maximum absolute atomic E-state index is 11.4. The zero-order valence-electron chi connectivity index (χ0n) is 27.8. The summed E-state index contributed by atoms with van der Waals surface area (Å²) in [6.07, 6.45) is 0. The van der Waals surface area contributed by atoms with E-state index in [0.717, 1.165) is 66.3 Å². The number of phenolic OH excluding ortho intramolecular Hbond substituents is 2. The first-order valence-electron chi connectivity index (χ1n) is 14.1. The fourth-order valence-corrected chi connectivity index (χ4v) is 6.34. The first-order chi connectivity index (χ1) is 19.3. The fourth-order valence-electron chi connectivity index (χ4n) is 5.48. The standard InChI is InChI=1S/C37H39NO2S.2CH3.Hf/c1-22-17-28(33(39)30(19-22)36(3,4)5)24-13-9-11-15-26(24)32-21-41-35(38-32)27-16-12-10-14-25(27)29-18-23(2)20-31(34(29)40)37(6,7)8;;;/h9-21,39-40H,1-8H3;2*1H3;/q;2*-1;. The molecule has 0 amide bonds. The van der Waals surface area contributed by atoms with E-state index in [1.165, 1.54) is 0 Å². The predicted molar refractivity (Wildman–Crippen MR) is 187 cm³/mol. The third-order valence-corrected chi connectivity index (χ3v) is 8.45. The van der Waals surface area contributed by atoms with Crippen LogP contribution in [0.4, 0.5) is 0 Å². The van der Waals surface area contributed by atoms with E-state index in [1.54, 1.807) is 11.3 Å². The number of aromatic hydroxyl groups is 2. The Kier molecular flexibility index (Phi) is 11.8. The third kappa shape index (κ3) is 7.26. The van der Waals surface area contributed by atoms with E-state index < -0.39 is 0 Å². The van der Waals surface area contributed by atoms with Crippen LogP contribution >= 0.6 is 11.3 Å². The molecule has 5 heteroatoms. The molecule has 0 aliphatic carbocycles. The van der Waals surface area contributed by atoms with Crippen LogP contribution in [0.3, 0.4) is 0 Å². The normalized spacial score (nSPS) is 11.3. The van der Waals surface area contributed by atoms with Crippen molar-refractivity contribution in [1.29, 1.82) is 0 Å². The van der Waals surface area contributed by atoms with Crippen molar-refractivity contribution in [2.75, 3.05) is 0 Å². The quantitative estimate of drug-likeness (QED) is 0.141. The van der Waals surface area contributed by atoms with Gasteiger partial charge in [-0.1, -0.05) is 102 Å². The summed E-state index contributed by atoms with van der Waals surface area (Å²) < 4.78 is 0. The van der Waals surface area contributed by atoms with Crippen LogP contribution in [0.1, 0.15) is 63.8 Å². The zero-order valence-corrected chi connectivity index (χ0v) is 32.2. The van der Waals surface area contributed by atoms with E-state index in [0.29, 0.717) is 11.5 Å². The maximum Gasteiger partial charge on any atom is 0.127 e. The van der Waals surface area contributed by atoms with Gasteiger partial charge in [0.2, 0.25) is 0 Å². The third-order valence-electron chi connectivity index (χ3n) is 7.57. The molecule has 44 heavy (non-hydrogen) atoms. The van der Waals surface area contributed by atoms with Crippen LogP contribution in [0.2, 0.25) is 0 Å². The Morgan fingerprint density at radius 3 is 1.39 bits per heavy atom. The van der Waals surface area contributed by atoms with Crippen molar-refractivity contribution in [2.24, 2.45) is 0 Å². The maximum atomic E-state index is 11.4. The van der Waals surface area contributed by atoms with Gasteiger partial charge in [-0.25, -0.2) is 4.98 Å². The van der Waals surface area contributed by atoms with Crippen molar-refractivity contribution in [1.82, 2.24) is 4.98 Å². The Morgan fingerprint density at radius 2 is 0.955 bits per heavy atom. The molecule has 0 saturated heterocycles. The first kappa shape index (κ1) is 37.2. The molecule has 0 unspecified atom stereocenters. The minimum atomic E-state index is -0.189. The van der Waals surface area contributed by atoms with Crippen LogP contribution in [-0.4, -0.2) is 15.2 Å². The summed E-state index contributed by atoms with van der Waals surface area (Å²) in [6.45, 7) is 16.9. The van der Waals surface area contributed by atoms with E-state index in [9.17, 15) is 10.2 Å². The van der Waals surface area contributed by atoms with Gasteiger partial charge in [0.15, 0.2) is 0 Å². The number of benzene rings is 4. The van der Waals surface area contributed by atoms with Crippen molar-refractivity contribution >= 4 is 11.3 Å². The van der Waals surface area contributed by atoms with E-state index in [1.807, 2.05) is 24.3 Å². The van der Waals surface area contributed by atoms with Gasteiger partial charge in [-0.3, -0.25) is 0 Å². The molecule has 5 rings (SSSR count). The SMILES string of the molecule is Cc1cc(-c2ccccc2-c2csc(-c3ccccc3-c3cc(C)cc(C(C)(C)C)c3O)n2)c(O)c(C(C)(C)C)c1.[CH3-].[CH3-].[Hf]. The van der Waals surface area contributed by atoms with Crippen molar-refractivity contribution in [3.05, 3.63) is 115 Å². The van der Waals surface area contributed by atoms with Crippen LogP contribution in [0.25, 0.3) is 44.1 Å². The second kappa shape index (κ2) is 14.0. The number of thiazole rings is 1. The zero-order chi connectivity index (χ0) is 29.7. The molecule has 230 valence electrons. The average molecular weight is 770 g/mol. The molecular weight excluding hydrogens is 725 g/mol. The molecule has 0 aliphatic rings. The Bertz CT molecular complexity index is 1630. The molecular formula is C39H45HfNO2S-2. The van der Waals surface area contributed by atoms with Gasteiger partial charge in [0.05, 0.1) is 5.69 Å². The van der Waals surface area contributed by atoms with Crippen LogP contribution in [0.5, 0.6) is 11.5 Å². The first-order valence-corrected chi connectivity index (χ1v) is 15.0. The van der Waals surface area contributed by atoms with E-state index in [2.05, 4.69) is 109 Å². The second-order valence-corrected chi connectivity index (χ2v) is 13.9. The van der Waals surface area contributed by atoms with Gasteiger partial charge in [0, 0.05) is 64.6 Å². The minimum Gasteiger partial charge on any atom is -0.507 e. The molecule has 0 saturated carbocycles. The number of hydrogen-bond acceptors (Lipinski definition) is 4. The smallest absolute Gasteiger partial charge is 0.127 e. The van der Waals surface area contributed by atoms with Crippen molar-refractivity contribution in [2.45, 2.75) is 66.2 Å². The van der Waals surface area contributed by atoms with Crippen LogP contribution < -0.4 is 0 Å². The summed E-state index contributed by atoms with van der Waals surface area (Å²) in [4.78, 5) is 5.12. The number of nitrogens with zero attached hydrogens (tertiary/aromatic N) is 1. The molecule has 0 fully saturated rings. The number of aromatic nitrogens is 1. The Labute approximate surface area is 287 Å². The van der Waals surface area contributed by atoms with Crippen LogP contribution in [0.15, 0.2) is 78.2 Å². The molecule has 0 bridgehead atoms. The molecule has 4 aromatic carbocycles. The summed E-state index contributed by atoms with van der Waals surface area (Å²) in [7, 11) is 0. The molecule has 0 spiro atoms. The second-order valence-electron chi connectivity index (χ2n) is 13.0. The molecule has 2 N–H and O–H groups in total. The average Bonchev–Trinajstić information content (AvgIpc) is 3.40. The summed E-state index contributed by atoms with van der Waals surface area (Å²) in [5.41, 5.74) is 10.1. The van der Waals surface area contributed by atoms with Crippen LogP contribution in [-0.2, 0) is 36.7 Å². The number of phenols is 2. The van der Waals surface area contributed by atoms with Gasteiger partial charge in [-0.15, -0.1) is 11.3 Å². The summed E-state index contributed by atoms with van der Waals surface area (Å²) in [5, 5.41) is 25.8. The van der Waals surface area contributed by atoms with Crippen molar-refractivity contribution in [3.8, 4) is 55.6 Å². The molecule has 0 aliphatic heterocycles. The van der Waals surface area contributed by atoms with E-state index in [4.69, 9.17) is 4.98 Å². The number of aryl methyl sites for hydroxylation is 2. The predicted octanol–water partition coefficient (Wildman–Crippen LogP) is 11.3. The minimum absolute atomic E-state index is 0. The molecule has 1 heterocycles. The molecule has 3 nitrogen and oxygen atoms in total. The Balaban J connectivity index is 0.00000225. The van der Waals surface area contributed by atoms with Crippen molar-refractivity contribution in [3.63, 3.8) is 0 Å². The number of rotatable bonds is 4. The Morgan fingerprint density at radius 1 is 0.568 bits per heavy atom. The topological polar surface area (TPSA) is 53.4 Å². The number of hydrogen-bond donors (Lipinski definition) is 2. The molecule has 0 atom stereocenters. The Hall–Kier alpha value is -3.02. The summed E-state index contributed by atoms with van der Waals surface area (Å²) in [5.74, 6) is 0.642. The van der Waals surface area contributed by atoms with E-state index >= 15 is 0 Å². The fraction of sp³-hybridized carbons (Fsp3) is 0.256. The molecule has 1 aromatic heterocycles. The van der Waals surface area contributed by atoms with Gasteiger partial charge in [-0.05, 0) is 59.1 Å². The van der Waals surface area contributed by atoms with Gasteiger partial charge in [-0.2, -0.15) is 0 Å². The van der Waals surface area contributed by atoms with Gasteiger partial charge in [0.1, 0.15) is 16.5 Å².